The Hall–Kier alpha value is -7.83. The van der Waals surface area contributed by atoms with Gasteiger partial charge in [-0.3, -0.25) is 0 Å². The van der Waals surface area contributed by atoms with Crippen molar-refractivity contribution >= 4 is 65.7 Å². The summed E-state index contributed by atoms with van der Waals surface area (Å²) in [7, 11) is 0. The van der Waals surface area contributed by atoms with Crippen LogP contribution >= 0.6 is 0 Å². The molecule has 0 atom stereocenters. The van der Waals surface area contributed by atoms with Crippen LogP contribution in [-0.2, 0) is 0 Å². The van der Waals surface area contributed by atoms with Gasteiger partial charge in [0, 0.05) is 43.6 Å². The standard InChI is InChI=1S/C51H30N4O2/c1-3-12-31(13-4-1)33-24-27-45-40(28-33)48-43(19-11-21-46(48)56-45)55-41-18-9-7-16-36(41)39-29-34(23-26-42(39)55)50-52-49(32-14-5-2-6-15-32)53-51(54-50)35-22-25-38-37-17-8-10-20-44(37)57-47(38)30-35/h1-30H. The van der Waals surface area contributed by atoms with Crippen LogP contribution in [0.3, 0.4) is 0 Å². The SMILES string of the molecule is c1ccc(-c2ccc3oc4cccc(-n5c6ccccc6c6cc(-c7nc(-c8ccccc8)nc(-c8ccc9c(c8)oc8ccccc89)n7)ccc65)c4c3c2)cc1. The maximum atomic E-state index is 6.48. The average Bonchev–Trinajstić information content (AvgIpc) is 3.95. The van der Waals surface area contributed by atoms with Crippen LogP contribution in [-0.4, -0.2) is 19.5 Å². The predicted octanol–water partition coefficient (Wildman–Crippen LogP) is 13.4. The summed E-state index contributed by atoms with van der Waals surface area (Å²) in [5.74, 6) is 1.78. The average molecular weight is 731 g/mol. The Morgan fingerprint density at radius 1 is 0.316 bits per heavy atom. The van der Waals surface area contributed by atoms with E-state index in [-0.39, 0.29) is 0 Å². The molecule has 0 aliphatic rings. The predicted molar refractivity (Wildman–Crippen MR) is 230 cm³/mol. The van der Waals surface area contributed by atoms with Gasteiger partial charge in [-0.1, -0.05) is 115 Å². The van der Waals surface area contributed by atoms with Crippen molar-refractivity contribution in [1.29, 1.82) is 0 Å². The number of aromatic nitrogens is 4. The lowest BCUT2D eigenvalue weighted by Gasteiger charge is -2.11. The molecule has 0 bridgehead atoms. The van der Waals surface area contributed by atoms with Crippen molar-refractivity contribution in [1.82, 2.24) is 19.5 Å². The Morgan fingerprint density at radius 2 is 0.877 bits per heavy atom. The lowest BCUT2D eigenvalue weighted by atomic mass is 10.0. The molecule has 0 aliphatic carbocycles. The van der Waals surface area contributed by atoms with Gasteiger partial charge in [-0.2, -0.15) is 0 Å². The molecule has 0 radical (unpaired) electrons. The van der Waals surface area contributed by atoms with E-state index in [9.17, 15) is 0 Å². The van der Waals surface area contributed by atoms with Gasteiger partial charge in [0.05, 0.1) is 22.1 Å². The molecule has 0 aliphatic heterocycles. The molecule has 0 N–H and O–H groups in total. The van der Waals surface area contributed by atoms with E-state index in [1.54, 1.807) is 0 Å². The van der Waals surface area contributed by atoms with E-state index in [2.05, 4.69) is 126 Å². The van der Waals surface area contributed by atoms with Gasteiger partial charge in [-0.15, -0.1) is 0 Å². The van der Waals surface area contributed by atoms with Gasteiger partial charge in [0.2, 0.25) is 0 Å². The van der Waals surface area contributed by atoms with E-state index in [0.717, 1.165) is 93.6 Å². The Bertz CT molecular complexity index is 3530. The Balaban J connectivity index is 1.05. The van der Waals surface area contributed by atoms with Gasteiger partial charge >= 0.3 is 0 Å². The second-order valence-electron chi connectivity index (χ2n) is 14.4. The summed E-state index contributed by atoms with van der Waals surface area (Å²) in [6.45, 7) is 0. The molecule has 12 aromatic rings. The first kappa shape index (κ1) is 31.5. The number of rotatable bonds is 5. The summed E-state index contributed by atoms with van der Waals surface area (Å²) < 4.78 is 15.1. The van der Waals surface area contributed by atoms with Crippen molar-refractivity contribution in [2.45, 2.75) is 0 Å². The quantitative estimate of drug-likeness (QED) is 0.176. The third-order valence-corrected chi connectivity index (χ3v) is 11.1. The van der Waals surface area contributed by atoms with Crippen LogP contribution in [0, 0.1) is 0 Å². The topological polar surface area (TPSA) is 69.9 Å². The fourth-order valence-corrected chi connectivity index (χ4v) is 8.39. The van der Waals surface area contributed by atoms with Crippen LogP contribution in [0.5, 0.6) is 0 Å². The highest BCUT2D eigenvalue weighted by molar-refractivity contribution is 6.15. The van der Waals surface area contributed by atoms with E-state index < -0.39 is 0 Å². The zero-order chi connectivity index (χ0) is 37.5. The fourth-order valence-electron chi connectivity index (χ4n) is 8.39. The lowest BCUT2D eigenvalue weighted by Crippen LogP contribution is -2.00. The van der Waals surface area contributed by atoms with Gasteiger partial charge in [-0.05, 0) is 77.9 Å². The summed E-state index contributed by atoms with van der Waals surface area (Å²) >= 11 is 0. The summed E-state index contributed by atoms with van der Waals surface area (Å²) in [5, 5.41) is 6.54. The molecular formula is C51H30N4O2. The smallest absolute Gasteiger partial charge is 0.164 e. The highest BCUT2D eigenvalue weighted by Crippen LogP contribution is 2.41. The summed E-state index contributed by atoms with van der Waals surface area (Å²) in [4.78, 5) is 15.2. The van der Waals surface area contributed by atoms with Crippen molar-refractivity contribution in [3.05, 3.63) is 182 Å². The van der Waals surface area contributed by atoms with Crippen molar-refractivity contribution in [3.8, 4) is 51.0 Å². The Morgan fingerprint density at radius 3 is 1.70 bits per heavy atom. The van der Waals surface area contributed by atoms with E-state index in [1.807, 2.05) is 60.7 Å². The first-order valence-corrected chi connectivity index (χ1v) is 19.0. The molecule has 4 aromatic heterocycles. The summed E-state index contributed by atoms with van der Waals surface area (Å²) in [6.07, 6.45) is 0. The number of benzene rings is 8. The van der Waals surface area contributed by atoms with Gasteiger partial charge in [0.15, 0.2) is 17.5 Å². The maximum Gasteiger partial charge on any atom is 0.164 e. The van der Waals surface area contributed by atoms with Crippen molar-refractivity contribution in [2.75, 3.05) is 0 Å². The van der Waals surface area contributed by atoms with Gasteiger partial charge in [0.25, 0.3) is 0 Å². The molecule has 0 saturated carbocycles. The largest absolute Gasteiger partial charge is 0.456 e. The highest BCUT2D eigenvalue weighted by atomic mass is 16.3. The molecule has 0 spiro atoms. The molecule has 12 rings (SSSR count). The van der Waals surface area contributed by atoms with Crippen LogP contribution in [0.2, 0.25) is 0 Å². The first-order valence-electron chi connectivity index (χ1n) is 19.0. The molecule has 6 nitrogen and oxygen atoms in total. The number of para-hydroxylation sites is 2. The number of furan rings is 2. The highest BCUT2D eigenvalue weighted by Gasteiger charge is 2.20. The zero-order valence-electron chi connectivity index (χ0n) is 30.4. The zero-order valence-corrected chi connectivity index (χ0v) is 30.4. The normalized spacial score (nSPS) is 11.9. The fraction of sp³-hybridized carbons (Fsp3) is 0. The third kappa shape index (κ3) is 5.01. The Labute approximate surface area is 325 Å². The minimum Gasteiger partial charge on any atom is -0.456 e. The van der Waals surface area contributed by atoms with E-state index in [1.165, 1.54) is 5.56 Å². The molecule has 4 heterocycles. The molecular weight excluding hydrogens is 701 g/mol. The van der Waals surface area contributed by atoms with Crippen LogP contribution in [0.15, 0.2) is 191 Å². The number of fused-ring (bicyclic) bond motifs is 9. The number of hydrogen-bond donors (Lipinski definition) is 0. The second kappa shape index (κ2) is 12.3. The minimum atomic E-state index is 0.581. The van der Waals surface area contributed by atoms with E-state index in [0.29, 0.717) is 17.5 Å². The Kier molecular flexibility index (Phi) is 6.83. The number of hydrogen-bond acceptors (Lipinski definition) is 5. The van der Waals surface area contributed by atoms with Gasteiger partial charge in [0.1, 0.15) is 22.3 Å². The summed E-state index contributed by atoms with van der Waals surface area (Å²) in [6, 6.07) is 62.8. The molecule has 8 aromatic carbocycles. The lowest BCUT2D eigenvalue weighted by molar-refractivity contribution is 0.668. The molecule has 6 heteroatoms. The molecule has 0 amide bonds. The third-order valence-electron chi connectivity index (χ3n) is 11.1. The number of nitrogens with zero attached hydrogens (tertiary/aromatic N) is 4. The molecule has 0 saturated heterocycles. The van der Waals surface area contributed by atoms with Crippen molar-refractivity contribution in [2.24, 2.45) is 0 Å². The monoisotopic (exact) mass is 730 g/mol. The van der Waals surface area contributed by atoms with Crippen molar-refractivity contribution < 1.29 is 8.83 Å². The first-order chi connectivity index (χ1) is 28.2. The maximum absolute atomic E-state index is 6.48. The summed E-state index contributed by atoms with van der Waals surface area (Å²) in [5.41, 5.74) is 11.6. The molecule has 57 heavy (non-hydrogen) atoms. The van der Waals surface area contributed by atoms with E-state index in [4.69, 9.17) is 23.8 Å². The van der Waals surface area contributed by atoms with Crippen LogP contribution in [0.25, 0.3) is 117 Å². The van der Waals surface area contributed by atoms with E-state index >= 15 is 0 Å². The van der Waals surface area contributed by atoms with Gasteiger partial charge in [-0.25, -0.2) is 15.0 Å². The molecule has 0 unspecified atom stereocenters. The van der Waals surface area contributed by atoms with Crippen LogP contribution in [0.4, 0.5) is 0 Å². The van der Waals surface area contributed by atoms with Crippen molar-refractivity contribution in [3.63, 3.8) is 0 Å². The minimum absolute atomic E-state index is 0.581. The molecule has 266 valence electrons. The van der Waals surface area contributed by atoms with Crippen LogP contribution < -0.4 is 0 Å². The second-order valence-corrected chi connectivity index (χ2v) is 14.4. The van der Waals surface area contributed by atoms with Gasteiger partial charge < -0.3 is 13.4 Å². The molecule has 0 fully saturated rings. The van der Waals surface area contributed by atoms with Crippen LogP contribution in [0.1, 0.15) is 0 Å².